The van der Waals surface area contributed by atoms with E-state index >= 15 is 0 Å². The summed E-state index contributed by atoms with van der Waals surface area (Å²) in [6.07, 6.45) is 1.30. The number of carbonyl (C=O) groups excluding carboxylic acids is 1. The minimum absolute atomic E-state index is 0.240. The molecule has 2 rings (SSSR count). The van der Waals surface area contributed by atoms with Gasteiger partial charge in [0.25, 0.3) is 5.91 Å². The molecule has 2 aromatic rings. The van der Waals surface area contributed by atoms with Crippen LogP contribution in [0.5, 0.6) is 0 Å². The summed E-state index contributed by atoms with van der Waals surface area (Å²) in [6, 6.07) is 5.93. The SMILES string of the molecule is Cc1nc(C(=O)NCc2ccc(F)cc2)co1. The maximum Gasteiger partial charge on any atom is 0.273 e. The summed E-state index contributed by atoms with van der Waals surface area (Å²) < 4.78 is 17.6. The zero-order chi connectivity index (χ0) is 12.3. The number of aryl methyl sites for hydroxylation is 1. The van der Waals surface area contributed by atoms with Crippen LogP contribution < -0.4 is 5.32 Å². The van der Waals surface area contributed by atoms with Gasteiger partial charge in [-0.2, -0.15) is 0 Å². The van der Waals surface area contributed by atoms with Crippen LogP contribution in [0.3, 0.4) is 0 Å². The number of hydrogen-bond donors (Lipinski definition) is 1. The Morgan fingerprint density at radius 1 is 1.41 bits per heavy atom. The molecule has 17 heavy (non-hydrogen) atoms. The Bertz CT molecular complexity index is 520. The van der Waals surface area contributed by atoms with Crippen LogP contribution in [0.4, 0.5) is 4.39 Å². The van der Waals surface area contributed by atoms with Gasteiger partial charge in [0.1, 0.15) is 12.1 Å². The average Bonchev–Trinajstić information content (AvgIpc) is 2.75. The second kappa shape index (κ2) is 4.78. The van der Waals surface area contributed by atoms with Gasteiger partial charge in [0.05, 0.1) is 0 Å². The maximum atomic E-state index is 12.6. The molecule has 0 atom stereocenters. The molecule has 0 fully saturated rings. The van der Waals surface area contributed by atoms with Gasteiger partial charge in [-0.05, 0) is 17.7 Å². The zero-order valence-electron chi connectivity index (χ0n) is 9.24. The Morgan fingerprint density at radius 3 is 2.71 bits per heavy atom. The fourth-order valence-corrected chi connectivity index (χ4v) is 1.34. The number of aromatic nitrogens is 1. The van der Waals surface area contributed by atoms with E-state index < -0.39 is 0 Å². The minimum Gasteiger partial charge on any atom is -0.448 e. The third-order valence-electron chi connectivity index (χ3n) is 2.22. The van der Waals surface area contributed by atoms with Crippen LogP contribution in [0.15, 0.2) is 34.9 Å². The van der Waals surface area contributed by atoms with Gasteiger partial charge >= 0.3 is 0 Å². The summed E-state index contributed by atoms with van der Waals surface area (Å²) >= 11 is 0. The molecule has 0 aliphatic rings. The van der Waals surface area contributed by atoms with Crippen LogP contribution in [-0.4, -0.2) is 10.9 Å². The summed E-state index contributed by atoms with van der Waals surface area (Å²) in [5.41, 5.74) is 1.06. The average molecular weight is 234 g/mol. The van der Waals surface area contributed by atoms with Crippen molar-refractivity contribution >= 4 is 5.91 Å². The van der Waals surface area contributed by atoms with Crippen LogP contribution in [-0.2, 0) is 6.54 Å². The van der Waals surface area contributed by atoms with Crippen molar-refractivity contribution in [1.29, 1.82) is 0 Å². The van der Waals surface area contributed by atoms with E-state index in [-0.39, 0.29) is 17.4 Å². The van der Waals surface area contributed by atoms with Crippen molar-refractivity contribution in [3.63, 3.8) is 0 Å². The third-order valence-corrected chi connectivity index (χ3v) is 2.22. The van der Waals surface area contributed by atoms with Gasteiger partial charge in [0.2, 0.25) is 0 Å². The monoisotopic (exact) mass is 234 g/mol. The molecule has 0 aliphatic carbocycles. The van der Waals surface area contributed by atoms with Crippen molar-refractivity contribution in [2.24, 2.45) is 0 Å². The summed E-state index contributed by atoms with van der Waals surface area (Å²) in [6.45, 7) is 1.99. The van der Waals surface area contributed by atoms with Crippen LogP contribution in [0.1, 0.15) is 21.9 Å². The van der Waals surface area contributed by atoms with E-state index in [2.05, 4.69) is 10.3 Å². The van der Waals surface area contributed by atoms with Crippen molar-refractivity contribution in [2.45, 2.75) is 13.5 Å². The largest absolute Gasteiger partial charge is 0.448 e. The molecule has 1 aromatic carbocycles. The molecule has 1 N–H and O–H groups in total. The Hall–Kier alpha value is -2.17. The lowest BCUT2D eigenvalue weighted by atomic mass is 10.2. The second-order valence-electron chi connectivity index (χ2n) is 3.56. The predicted molar refractivity (Wildman–Crippen MR) is 58.8 cm³/mol. The smallest absolute Gasteiger partial charge is 0.273 e. The van der Waals surface area contributed by atoms with Gasteiger partial charge < -0.3 is 9.73 Å². The molecule has 0 aliphatic heterocycles. The molecule has 0 radical (unpaired) electrons. The molecule has 1 aromatic heterocycles. The molecule has 5 heteroatoms. The molecule has 0 saturated carbocycles. The van der Waals surface area contributed by atoms with Gasteiger partial charge in [0.15, 0.2) is 11.6 Å². The lowest BCUT2D eigenvalue weighted by Gasteiger charge is -2.02. The van der Waals surface area contributed by atoms with Crippen LogP contribution >= 0.6 is 0 Å². The van der Waals surface area contributed by atoms with Gasteiger partial charge in [-0.1, -0.05) is 12.1 Å². The summed E-state index contributed by atoms with van der Waals surface area (Å²) in [5, 5.41) is 2.66. The first kappa shape index (κ1) is 11.3. The van der Waals surface area contributed by atoms with Crippen LogP contribution in [0.2, 0.25) is 0 Å². The van der Waals surface area contributed by atoms with E-state index in [0.717, 1.165) is 5.56 Å². The molecule has 0 spiro atoms. The summed E-state index contributed by atoms with van der Waals surface area (Å²) in [4.78, 5) is 15.5. The standard InChI is InChI=1S/C12H11FN2O2/c1-8-15-11(7-17-8)12(16)14-6-9-2-4-10(13)5-3-9/h2-5,7H,6H2,1H3,(H,14,16). The van der Waals surface area contributed by atoms with E-state index in [9.17, 15) is 9.18 Å². The molecule has 4 nitrogen and oxygen atoms in total. The highest BCUT2D eigenvalue weighted by Crippen LogP contribution is 2.04. The molecule has 1 amide bonds. The number of nitrogens with one attached hydrogen (secondary N) is 1. The van der Waals surface area contributed by atoms with Crippen molar-refractivity contribution in [2.75, 3.05) is 0 Å². The van der Waals surface area contributed by atoms with Gasteiger partial charge in [-0.15, -0.1) is 0 Å². The Morgan fingerprint density at radius 2 is 2.12 bits per heavy atom. The quantitative estimate of drug-likeness (QED) is 0.884. The van der Waals surface area contributed by atoms with Crippen molar-refractivity contribution in [1.82, 2.24) is 10.3 Å². The molecule has 1 heterocycles. The van der Waals surface area contributed by atoms with E-state index in [1.54, 1.807) is 19.1 Å². The number of carbonyl (C=O) groups is 1. The van der Waals surface area contributed by atoms with Crippen LogP contribution in [0, 0.1) is 12.7 Å². The van der Waals surface area contributed by atoms with E-state index in [0.29, 0.717) is 12.4 Å². The second-order valence-corrected chi connectivity index (χ2v) is 3.56. The first-order valence-electron chi connectivity index (χ1n) is 5.10. The molecular formula is C12H11FN2O2. The fourth-order valence-electron chi connectivity index (χ4n) is 1.34. The highest BCUT2D eigenvalue weighted by atomic mass is 19.1. The number of hydrogen-bond acceptors (Lipinski definition) is 3. The molecule has 0 unspecified atom stereocenters. The number of amides is 1. The molecule has 88 valence electrons. The Kier molecular flexibility index (Phi) is 3.18. The number of nitrogens with zero attached hydrogens (tertiary/aromatic N) is 1. The Labute approximate surface area is 97.5 Å². The predicted octanol–water partition coefficient (Wildman–Crippen LogP) is 2.05. The first-order valence-corrected chi connectivity index (χ1v) is 5.10. The lowest BCUT2D eigenvalue weighted by molar-refractivity contribution is 0.0946. The van der Waals surface area contributed by atoms with Gasteiger partial charge in [0, 0.05) is 13.5 Å². The Balaban J connectivity index is 1.94. The number of benzene rings is 1. The highest BCUT2D eigenvalue weighted by Gasteiger charge is 2.09. The maximum absolute atomic E-state index is 12.6. The van der Waals surface area contributed by atoms with E-state index in [1.165, 1.54) is 18.4 Å². The normalized spacial score (nSPS) is 10.2. The minimum atomic E-state index is -0.314. The molecule has 0 saturated heterocycles. The highest BCUT2D eigenvalue weighted by molar-refractivity contribution is 5.91. The summed E-state index contributed by atoms with van der Waals surface area (Å²) in [5.74, 6) is -0.171. The van der Waals surface area contributed by atoms with Gasteiger partial charge in [-0.3, -0.25) is 4.79 Å². The molecule has 0 bridgehead atoms. The topological polar surface area (TPSA) is 55.1 Å². The number of halogens is 1. The number of oxazole rings is 1. The summed E-state index contributed by atoms with van der Waals surface area (Å²) in [7, 11) is 0. The van der Waals surface area contributed by atoms with Crippen molar-refractivity contribution in [3.05, 3.63) is 53.5 Å². The fraction of sp³-hybridized carbons (Fsp3) is 0.167. The van der Waals surface area contributed by atoms with E-state index in [1.807, 2.05) is 0 Å². The van der Waals surface area contributed by atoms with Gasteiger partial charge in [-0.25, -0.2) is 9.37 Å². The molecular weight excluding hydrogens is 223 g/mol. The van der Waals surface area contributed by atoms with E-state index in [4.69, 9.17) is 4.42 Å². The first-order chi connectivity index (χ1) is 8.15. The third kappa shape index (κ3) is 2.90. The van der Waals surface area contributed by atoms with Crippen molar-refractivity contribution < 1.29 is 13.6 Å². The van der Waals surface area contributed by atoms with Crippen LogP contribution in [0.25, 0.3) is 0 Å². The lowest BCUT2D eigenvalue weighted by Crippen LogP contribution is -2.23. The zero-order valence-corrected chi connectivity index (χ0v) is 9.24. The number of rotatable bonds is 3. The van der Waals surface area contributed by atoms with Crippen molar-refractivity contribution in [3.8, 4) is 0 Å².